The molecule has 0 aliphatic carbocycles. The topological polar surface area (TPSA) is 108 Å². The van der Waals surface area contributed by atoms with Crippen LogP contribution in [0.1, 0.15) is 10.5 Å². The lowest BCUT2D eigenvalue weighted by molar-refractivity contribution is -0.00494. The number of aromatic nitrogens is 1. The summed E-state index contributed by atoms with van der Waals surface area (Å²) >= 11 is 0. The Bertz CT molecular complexity index is 687. The summed E-state index contributed by atoms with van der Waals surface area (Å²) in [7, 11) is 1.15. The number of morpholine rings is 1. The van der Waals surface area contributed by atoms with E-state index in [0.717, 1.165) is 7.11 Å². The maximum Gasteiger partial charge on any atom is 0.510 e. The maximum absolute atomic E-state index is 12.6. The molecule has 1 amide bonds. The number of nitrogens with zero attached hydrogens (tertiary/aromatic N) is 2. The van der Waals surface area contributed by atoms with Crippen LogP contribution in [-0.4, -0.2) is 61.5 Å². The molecule has 1 saturated heterocycles. The van der Waals surface area contributed by atoms with E-state index in [4.69, 9.17) is 9.47 Å². The minimum Gasteiger partial charge on any atom is -0.451 e. The Morgan fingerprint density at radius 2 is 2.30 bits per heavy atom. The van der Waals surface area contributed by atoms with Crippen LogP contribution in [0, 0.1) is 0 Å². The third-order valence-corrected chi connectivity index (χ3v) is 3.48. The molecule has 10 heteroatoms. The van der Waals surface area contributed by atoms with Crippen LogP contribution in [0.2, 0.25) is 0 Å². The van der Waals surface area contributed by atoms with Gasteiger partial charge in [0.15, 0.2) is 5.69 Å². The van der Waals surface area contributed by atoms with Crippen LogP contribution in [-0.2, 0) is 14.2 Å². The summed E-state index contributed by atoms with van der Waals surface area (Å²) in [6.45, 7) is 0.623. The third kappa shape index (κ3) is 2.80. The summed E-state index contributed by atoms with van der Waals surface area (Å²) in [6, 6.07) is 1.25. The fourth-order valence-corrected chi connectivity index (χ4v) is 2.41. The lowest BCUT2D eigenvalue weighted by Gasteiger charge is -2.41. The van der Waals surface area contributed by atoms with Gasteiger partial charge >= 0.3 is 6.16 Å². The number of carbonyl (C=O) groups is 2. The molecule has 0 saturated carbocycles. The SMILES string of the molecule is COC(=O)OCOc1c2n(ccc1=O)N[C@@H]1COCCN1C2=O. The minimum atomic E-state index is -0.951. The first-order valence-electron chi connectivity index (χ1n) is 6.86. The molecule has 10 nitrogen and oxygen atoms in total. The smallest absolute Gasteiger partial charge is 0.451 e. The Labute approximate surface area is 130 Å². The monoisotopic (exact) mass is 325 g/mol. The number of rotatable bonds is 3. The van der Waals surface area contributed by atoms with Gasteiger partial charge in [0.1, 0.15) is 6.17 Å². The van der Waals surface area contributed by atoms with E-state index in [1.807, 2.05) is 0 Å². The molecule has 3 heterocycles. The highest BCUT2D eigenvalue weighted by Crippen LogP contribution is 2.22. The van der Waals surface area contributed by atoms with Crippen molar-refractivity contribution < 1.29 is 28.5 Å². The molecule has 0 spiro atoms. The highest BCUT2D eigenvalue weighted by molar-refractivity contribution is 5.96. The van der Waals surface area contributed by atoms with Crippen LogP contribution in [0.4, 0.5) is 4.79 Å². The van der Waals surface area contributed by atoms with Crippen LogP contribution in [0.5, 0.6) is 5.75 Å². The Hall–Kier alpha value is -2.75. The van der Waals surface area contributed by atoms with E-state index < -0.39 is 18.4 Å². The van der Waals surface area contributed by atoms with Gasteiger partial charge in [-0.15, -0.1) is 0 Å². The highest BCUT2D eigenvalue weighted by Gasteiger charge is 2.36. The van der Waals surface area contributed by atoms with Gasteiger partial charge in [0, 0.05) is 18.8 Å². The summed E-state index contributed by atoms with van der Waals surface area (Å²) in [4.78, 5) is 37.1. The molecule has 1 N–H and O–H groups in total. The van der Waals surface area contributed by atoms with E-state index in [1.165, 1.54) is 16.9 Å². The molecule has 1 fully saturated rings. The van der Waals surface area contributed by atoms with Crippen molar-refractivity contribution in [1.82, 2.24) is 9.58 Å². The normalized spacial score (nSPS) is 19.3. The number of amides is 1. The molecule has 1 aromatic rings. The molecule has 0 radical (unpaired) electrons. The van der Waals surface area contributed by atoms with Crippen molar-refractivity contribution in [2.45, 2.75) is 6.17 Å². The van der Waals surface area contributed by atoms with Crippen molar-refractivity contribution in [1.29, 1.82) is 0 Å². The molecule has 23 heavy (non-hydrogen) atoms. The number of methoxy groups -OCH3 is 1. The van der Waals surface area contributed by atoms with Crippen molar-refractivity contribution >= 4 is 12.1 Å². The molecule has 1 atom stereocenters. The number of carbonyl (C=O) groups excluding carboxylic acids is 2. The zero-order valence-corrected chi connectivity index (χ0v) is 12.3. The van der Waals surface area contributed by atoms with E-state index in [0.29, 0.717) is 19.8 Å². The van der Waals surface area contributed by atoms with Gasteiger partial charge in [0.25, 0.3) is 5.91 Å². The Kier molecular flexibility index (Phi) is 4.06. The van der Waals surface area contributed by atoms with E-state index in [2.05, 4.69) is 14.9 Å². The first-order valence-corrected chi connectivity index (χ1v) is 6.86. The van der Waals surface area contributed by atoms with Crippen molar-refractivity contribution in [3.63, 3.8) is 0 Å². The predicted molar refractivity (Wildman–Crippen MR) is 74.7 cm³/mol. The van der Waals surface area contributed by atoms with Crippen LogP contribution in [0.15, 0.2) is 17.1 Å². The zero-order chi connectivity index (χ0) is 16.4. The molecule has 1 aromatic heterocycles. The zero-order valence-electron chi connectivity index (χ0n) is 12.3. The molecule has 2 aliphatic heterocycles. The Balaban J connectivity index is 1.88. The quantitative estimate of drug-likeness (QED) is 0.575. The largest absolute Gasteiger partial charge is 0.510 e. The van der Waals surface area contributed by atoms with E-state index >= 15 is 0 Å². The van der Waals surface area contributed by atoms with Gasteiger partial charge < -0.3 is 29.3 Å². The van der Waals surface area contributed by atoms with E-state index in [9.17, 15) is 14.4 Å². The molecular weight excluding hydrogens is 310 g/mol. The molecule has 124 valence electrons. The van der Waals surface area contributed by atoms with Crippen molar-refractivity contribution in [3.05, 3.63) is 28.2 Å². The number of fused-ring (bicyclic) bond motifs is 2. The summed E-state index contributed by atoms with van der Waals surface area (Å²) in [6.07, 6.45) is 0.174. The van der Waals surface area contributed by atoms with Gasteiger partial charge in [-0.3, -0.25) is 14.3 Å². The molecule has 0 bridgehead atoms. The van der Waals surface area contributed by atoms with E-state index in [-0.39, 0.29) is 23.5 Å². The van der Waals surface area contributed by atoms with Gasteiger partial charge in [0.05, 0.1) is 20.3 Å². The third-order valence-electron chi connectivity index (χ3n) is 3.48. The number of pyridine rings is 1. The van der Waals surface area contributed by atoms with Gasteiger partial charge in [-0.1, -0.05) is 0 Å². The second-order valence-electron chi connectivity index (χ2n) is 4.81. The van der Waals surface area contributed by atoms with Crippen molar-refractivity contribution in [2.75, 3.05) is 39.1 Å². The number of hydrogen-bond donors (Lipinski definition) is 1. The van der Waals surface area contributed by atoms with Crippen LogP contribution < -0.4 is 15.6 Å². The molecular formula is C13H15N3O7. The maximum atomic E-state index is 12.6. The van der Waals surface area contributed by atoms with Gasteiger partial charge in [-0.05, 0) is 0 Å². The molecule has 0 aromatic carbocycles. The summed E-state index contributed by atoms with van der Waals surface area (Å²) in [5, 5.41) is 0. The average molecular weight is 325 g/mol. The molecule has 2 aliphatic rings. The summed E-state index contributed by atoms with van der Waals surface area (Å²) in [5.41, 5.74) is 2.60. The van der Waals surface area contributed by atoms with Crippen LogP contribution >= 0.6 is 0 Å². The molecule has 3 rings (SSSR count). The first-order chi connectivity index (χ1) is 11.1. The van der Waals surface area contributed by atoms with E-state index in [1.54, 1.807) is 4.90 Å². The second kappa shape index (κ2) is 6.16. The van der Waals surface area contributed by atoms with Crippen LogP contribution in [0.25, 0.3) is 0 Å². The average Bonchev–Trinajstić information content (AvgIpc) is 2.57. The van der Waals surface area contributed by atoms with Gasteiger partial charge in [0.2, 0.25) is 18.0 Å². The first kappa shape index (κ1) is 15.2. The fourth-order valence-electron chi connectivity index (χ4n) is 2.41. The fraction of sp³-hybridized carbons (Fsp3) is 0.462. The Morgan fingerprint density at radius 3 is 3.09 bits per heavy atom. The lowest BCUT2D eigenvalue weighted by atomic mass is 10.2. The number of hydrogen-bond acceptors (Lipinski definition) is 8. The Morgan fingerprint density at radius 1 is 1.48 bits per heavy atom. The number of ether oxygens (including phenoxy) is 4. The van der Waals surface area contributed by atoms with Gasteiger partial charge in [-0.2, -0.15) is 0 Å². The van der Waals surface area contributed by atoms with Crippen LogP contribution in [0.3, 0.4) is 0 Å². The molecule has 0 unspecified atom stereocenters. The predicted octanol–water partition coefficient (Wildman–Crippen LogP) is -0.677. The standard InChI is InChI=1S/C13H15N3O7/c1-20-13(19)23-7-22-11-8(17)2-3-16-10(11)12(18)15-4-5-21-6-9(15)14-16/h2-3,9,14H,4-7H2,1H3/t9-/m0/s1. The minimum absolute atomic E-state index is 0.0455. The van der Waals surface area contributed by atoms with Gasteiger partial charge in [-0.25, -0.2) is 4.79 Å². The summed E-state index contributed by atoms with van der Waals surface area (Å²) < 4.78 is 20.8. The number of nitrogens with one attached hydrogen (secondary N) is 1. The van der Waals surface area contributed by atoms with Crippen molar-refractivity contribution in [2.24, 2.45) is 0 Å². The lowest BCUT2D eigenvalue weighted by Crippen LogP contribution is -2.59. The van der Waals surface area contributed by atoms with Crippen molar-refractivity contribution in [3.8, 4) is 5.75 Å². The second-order valence-corrected chi connectivity index (χ2v) is 4.81. The highest BCUT2D eigenvalue weighted by atomic mass is 16.8. The summed E-state index contributed by atoms with van der Waals surface area (Å²) in [5.74, 6) is -0.554.